The van der Waals surface area contributed by atoms with Crippen LogP contribution in [0.5, 0.6) is 0 Å². The van der Waals surface area contributed by atoms with Crippen LogP contribution in [0.4, 0.5) is 23.2 Å². The third-order valence-electron chi connectivity index (χ3n) is 2.41. The maximum atomic E-state index is 13.2. The number of anilines is 1. The molecule has 0 radical (unpaired) electrons. The van der Waals surface area contributed by atoms with Crippen LogP contribution in [0.15, 0.2) is 18.2 Å². The van der Waals surface area contributed by atoms with Crippen molar-refractivity contribution < 1.29 is 26.0 Å². The van der Waals surface area contributed by atoms with Crippen LogP contribution < -0.4 is 10.5 Å². The number of halogens is 4. The van der Waals surface area contributed by atoms with E-state index in [2.05, 4.69) is 4.72 Å². The monoisotopic (exact) mass is 314 g/mol. The van der Waals surface area contributed by atoms with Gasteiger partial charge >= 0.3 is 6.18 Å². The fourth-order valence-corrected chi connectivity index (χ4v) is 2.60. The van der Waals surface area contributed by atoms with Crippen molar-refractivity contribution in [3.05, 3.63) is 29.6 Å². The first-order valence-corrected chi connectivity index (χ1v) is 7.34. The highest BCUT2D eigenvalue weighted by Gasteiger charge is 2.27. The van der Waals surface area contributed by atoms with Crippen LogP contribution in [0.25, 0.3) is 0 Å². The highest BCUT2D eigenvalue weighted by molar-refractivity contribution is 7.92. The van der Waals surface area contributed by atoms with Gasteiger partial charge in [0.1, 0.15) is 5.82 Å². The van der Waals surface area contributed by atoms with E-state index in [1.807, 2.05) is 0 Å². The largest absolute Gasteiger partial charge is 0.389 e. The van der Waals surface area contributed by atoms with Crippen LogP contribution in [0.3, 0.4) is 0 Å². The predicted molar refractivity (Wildman–Crippen MR) is 67.0 cm³/mol. The number of rotatable bonds is 6. The Morgan fingerprint density at radius 1 is 1.25 bits per heavy atom. The summed E-state index contributed by atoms with van der Waals surface area (Å²) in [7, 11) is -3.91. The second kappa shape index (κ2) is 6.40. The van der Waals surface area contributed by atoms with Gasteiger partial charge in [-0.25, -0.2) is 12.8 Å². The van der Waals surface area contributed by atoms with E-state index in [4.69, 9.17) is 5.73 Å². The number of nitrogens with one attached hydrogen (secondary N) is 1. The SMILES string of the molecule is NCc1cc(NS(=O)(=O)CCCC(F)(F)F)ccc1F. The fraction of sp³-hybridized carbons (Fsp3) is 0.455. The molecule has 0 unspecified atom stereocenters. The van der Waals surface area contributed by atoms with Crippen molar-refractivity contribution in [2.75, 3.05) is 10.5 Å². The van der Waals surface area contributed by atoms with Gasteiger partial charge < -0.3 is 5.73 Å². The van der Waals surface area contributed by atoms with Crippen molar-refractivity contribution in [1.82, 2.24) is 0 Å². The van der Waals surface area contributed by atoms with Crippen molar-refractivity contribution in [1.29, 1.82) is 0 Å². The molecular weight excluding hydrogens is 300 g/mol. The Morgan fingerprint density at radius 3 is 2.45 bits per heavy atom. The van der Waals surface area contributed by atoms with Crippen LogP contribution in [-0.2, 0) is 16.6 Å². The second-order valence-corrected chi connectivity index (χ2v) is 5.99. The lowest BCUT2D eigenvalue weighted by molar-refractivity contribution is -0.134. The Kier molecular flexibility index (Phi) is 5.35. The van der Waals surface area contributed by atoms with Crippen LogP contribution in [0, 0.1) is 5.82 Å². The van der Waals surface area contributed by atoms with E-state index in [-0.39, 0.29) is 17.8 Å². The summed E-state index contributed by atoms with van der Waals surface area (Å²) in [5, 5.41) is 0. The molecule has 114 valence electrons. The number of benzene rings is 1. The molecule has 0 fully saturated rings. The second-order valence-electron chi connectivity index (χ2n) is 4.15. The molecule has 0 aliphatic heterocycles. The van der Waals surface area contributed by atoms with Gasteiger partial charge in [-0.15, -0.1) is 0 Å². The van der Waals surface area contributed by atoms with Gasteiger partial charge in [-0.1, -0.05) is 0 Å². The highest BCUT2D eigenvalue weighted by atomic mass is 32.2. The zero-order valence-corrected chi connectivity index (χ0v) is 11.2. The lowest BCUT2D eigenvalue weighted by atomic mass is 10.2. The van der Waals surface area contributed by atoms with Gasteiger partial charge in [-0.05, 0) is 24.6 Å². The standard InChI is InChI=1S/C11H14F4N2O2S/c12-10-3-2-9(6-8(10)7-16)17-20(18,19)5-1-4-11(13,14)15/h2-3,6,17H,1,4-5,7,16H2. The minimum Gasteiger partial charge on any atom is -0.326 e. The van der Waals surface area contributed by atoms with Crippen LogP contribution in [0.1, 0.15) is 18.4 Å². The number of hydrogen-bond acceptors (Lipinski definition) is 3. The van der Waals surface area contributed by atoms with Gasteiger partial charge in [0.25, 0.3) is 0 Å². The normalized spacial score (nSPS) is 12.4. The van der Waals surface area contributed by atoms with Gasteiger partial charge in [0.15, 0.2) is 0 Å². The molecule has 0 aliphatic carbocycles. The maximum absolute atomic E-state index is 13.2. The Labute approximate surface area is 114 Å². The van der Waals surface area contributed by atoms with Gasteiger partial charge in [0, 0.05) is 24.2 Å². The van der Waals surface area contributed by atoms with E-state index < -0.39 is 40.6 Å². The molecule has 0 bridgehead atoms. The lowest BCUT2D eigenvalue weighted by Gasteiger charge is -2.10. The van der Waals surface area contributed by atoms with E-state index in [0.717, 1.165) is 6.07 Å². The number of nitrogens with two attached hydrogens (primary N) is 1. The van der Waals surface area contributed by atoms with E-state index in [1.165, 1.54) is 12.1 Å². The van der Waals surface area contributed by atoms with Crippen molar-refractivity contribution >= 4 is 15.7 Å². The average molecular weight is 314 g/mol. The quantitative estimate of drug-likeness (QED) is 0.792. The van der Waals surface area contributed by atoms with Crippen LogP contribution in [0.2, 0.25) is 0 Å². The molecule has 0 amide bonds. The van der Waals surface area contributed by atoms with Gasteiger partial charge in [-0.3, -0.25) is 4.72 Å². The Balaban J connectivity index is 2.67. The average Bonchev–Trinajstić information content (AvgIpc) is 2.29. The predicted octanol–water partition coefficient (Wildman–Crippen LogP) is 2.37. The minimum atomic E-state index is -4.39. The van der Waals surface area contributed by atoms with Crippen molar-refractivity contribution in [3.8, 4) is 0 Å². The topological polar surface area (TPSA) is 72.2 Å². The summed E-state index contributed by atoms with van der Waals surface area (Å²) in [4.78, 5) is 0. The molecule has 1 aromatic carbocycles. The number of alkyl halides is 3. The number of hydrogen-bond donors (Lipinski definition) is 2. The van der Waals surface area contributed by atoms with Gasteiger partial charge in [0.05, 0.1) is 5.75 Å². The summed E-state index contributed by atoms with van der Waals surface area (Å²) in [5.41, 5.74) is 5.45. The van der Waals surface area contributed by atoms with Crippen molar-refractivity contribution in [3.63, 3.8) is 0 Å². The molecule has 1 aromatic rings. The molecule has 0 aliphatic rings. The van der Waals surface area contributed by atoms with Crippen molar-refractivity contribution in [2.24, 2.45) is 5.73 Å². The highest BCUT2D eigenvalue weighted by Crippen LogP contribution is 2.22. The molecule has 0 saturated carbocycles. The molecule has 3 N–H and O–H groups in total. The first-order valence-electron chi connectivity index (χ1n) is 5.69. The molecule has 4 nitrogen and oxygen atoms in total. The molecule has 20 heavy (non-hydrogen) atoms. The summed E-state index contributed by atoms with van der Waals surface area (Å²) in [6.45, 7) is -0.116. The lowest BCUT2D eigenvalue weighted by Crippen LogP contribution is -2.19. The molecule has 0 aromatic heterocycles. The van der Waals surface area contributed by atoms with E-state index >= 15 is 0 Å². The first kappa shape index (κ1) is 16.7. The molecule has 9 heteroatoms. The fourth-order valence-electron chi connectivity index (χ4n) is 1.49. The van der Waals surface area contributed by atoms with E-state index in [1.54, 1.807) is 0 Å². The molecule has 0 saturated heterocycles. The maximum Gasteiger partial charge on any atom is 0.389 e. The van der Waals surface area contributed by atoms with Crippen LogP contribution in [-0.4, -0.2) is 20.3 Å². The number of sulfonamides is 1. The zero-order chi connectivity index (χ0) is 15.4. The van der Waals surface area contributed by atoms with Crippen molar-refractivity contribution in [2.45, 2.75) is 25.6 Å². The van der Waals surface area contributed by atoms with Gasteiger partial charge in [0.2, 0.25) is 10.0 Å². The Morgan fingerprint density at radius 2 is 1.90 bits per heavy atom. The molecule has 0 spiro atoms. The molecule has 1 rings (SSSR count). The smallest absolute Gasteiger partial charge is 0.326 e. The summed E-state index contributed by atoms with van der Waals surface area (Å²) in [6, 6.07) is 3.42. The Bertz CT molecular complexity index is 558. The summed E-state index contributed by atoms with van der Waals surface area (Å²) in [6.07, 6.45) is -6.10. The third kappa shape index (κ3) is 5.74. The van der Waals surface area contributed by atoms with E-state index in [9.17, 15) is 26.0 Å². The van der Waals surface area contributed by atoms with Crippen LogP contribution >= 0.6 is 0 Å². The summed E-state index contributed by atoms with van der Waals surface area (Å²) >= 11 is 0. The van der Waals surface area contributed by atoms with Gasteiger partial charge in [-0.2, -0.15) is 13.2 Å². The molecular formula is C11H14F4N2O2S. The summed E-state index contributed by atoms with van der Waals surface area (Å²) < 4.78 is 74.2. The molecule has 0 atom stereocenters. The third-order valence-corrected chi connectivity index (χ3v) is 3.79. The molecule has 0 heterocycles. The Hall–Kier alpha value is -1.35. The van der Waals surface area contributed by atoms with E-state index in [0.29, 0.717) is 0 Å². The summed E-state index contributed by atoms with van der Waals surface area (Å²) in [5.74, 6) is -1.24. The minimum absolute atomic E-state index is 0.0684. The zero-order valence-electron chi connectivity index (χ0n) is 10.4. The first-order chi connectivity index (χ1) is 9.13.